The minimum absolute atomic E-state index is 0.117. The van der Waals surface area contributed by atoms with Crippen molar-refractivity contribution in [3.63, 3.8) is 0 Å². The first-order chi connectivity index (χ1) is 16.9. The van der Waals surface area contributed by atoms with E-state index in [1.165, 1.54) is 5.56 Å². The number of rotatable bonds is 7. The van der Waals surface area contributed by atoms with Crippen molar-refractivity contribution in [2.45, 2.75) is 58.5 Å². The van der Waals surface area contributed by atoms with Crippen molar-refractivity contribution >= 4 is 17.6 Å². The number of esters is 1. The molecule has 2 aromatic rings. The van der Waals surface area contributed by atoms with E-state index in [2.05, 4.69) is 32.0 Å². The van der Waals surface area contributed by atoms with Gasteiger partial charge in [-0.25, -0.2) is 5.01 Å². The molecule has 0 aromatic heterocycles. The Balaban J connectivity index is 1.63. The lowest BCUT2D eigenvalue weighted by atomic mass is 9.95. The van der Waals surface area contributed by atoms with Crippen LogP contribution in [-0.2, 0) is 14.3 Å². The molecule has 7 nitrogen and oxygen atoms in total. The van der Waals surface area contributed by atoms with Crippen molar-refractivity contribution in [2.75, 3.05) is 26.8 Å². The quantitative estimate of drug-likeness (QED) is 0.553. The third-order valence-electron chi connectivity index (χ3n) is 6.85. The van der Waals surface area contributed by atoms with Gasteiger partial charge in [0.05, 0.1) is 32.0 Å². The number of piperidine rings is 1. The number of methoxy groups -OCH3 is 1. The second-order valence-electron chi connectivity index (χ2n) is 9.33. The van der Waals surface area contributed by atoms with Crippen LogP contribution in [-0.4, -0.2) is 60.3 Å². The molecule has 2 aliphatic rings. The third-order valence-corrected chi connectivity index (χ3v) is 6.85. The van der Waals surface area contributed by atoms with Crippen LogP contribution in [0.3, 0.4) is 0 Å². The smallest absolute Gasteiger partial charge is 0.323 e. The molecule has 2 heterocycles. The number of likely N-dealkylation sites (tertiary alicyclic amines) is 1. The SMILES string of the molecule is CCOC(=O)[C@H]1CCCCN1CC(=O)N1N=C(c2ccc(C)cc2C)C[C@H]1c1cccc(OC)c1. The average Bonchev–Trinajstić information content (AvgIpc) is 3.30. The molecular formula is C28H35N3O4. The van der Waals surface area contributed by atoms with Gasteiger partial charge >= 0.3 is 5.97 Å². The standard InChI is InChI=1S/C28H35N3O4/c1-5-35-28(33)25-11-6-7-14-30(25)18-27(32)31-26(21-9-8-10-22(16-21)34-4)17-24(29-31)23-13-12-19(2)15-20(23)3/h8-10,12-13,15-16,25-26H,5-7,11,14,17-18H2,1-4H3/t25-,26+/m1/s1. The summed E-state index contributed by atoms with van der Waals surface area (Å²) in [5.74, 6) is 0.382. The molecule has 35 heavy (non-hydrogen) atoms. The number of benzene rings is 2. The Bertz CT molecular complexity index is 1110. The molecule has 0 radical (unpaired) electrons. The van der Waals surface area contributed by atoms with Gasteiger partial charge in [0.2, 0.25) is 0 Å². The number of ether oxygens (including phenoxy) is 2. The molecule has 1 amide bonds. The first-order valence-electron chi connectivity index (χ1n) is 12.4. The number of aryl methyl sites for hydroxylation is 2. The van der Waals surface area contributed by atoms with Crippen molar-refractivity contribution in [3.8, 4) is 5.75 Å². The monoisotopic (exact) mass is 477 g/mol. The lowest BCUT2D eigenvalue weighted by molar-refractivity contribution is -0.152. The Morgan fingerprint density at radius 1 is 1.11 bits per heavy atom. The summed E-state index contributed by atoms with van der Waals surface area (Å²) >= 11 is 0. The van der Waals surface area contributed by atoms with Gasteiger partial charge < -0.3 is 9.47 Å². The number of carbonyl (C=O) groups is 2. The fourth-order valence-electron chi connectivity index (χ4n) is 5.08. The average molecular weight is 478 g/mol. The molecule has 0 saturated carbocycles. The summed E-state index contributed by atoms with van der Waals surface area (Å²) in [6.45, 7) is 7.12. The summed E-state index contributed by atoms with van der Waals surface area (Å²) in [5.41, 5.74) is 5.25. The van der Waals surface area contributed by atoms with E-state index < -0.39 is 0 Å². The predicted octanol–water partition coefficient (Wildman–Crippen LogP) is 4.41. The summed E-state index contributed by atoms with van der Waals surface area (Å²) < 4.78 is 10.7. The van der Waals surface area contributed by atoms with Gasteiger partial charge in [-0.05, 0) is 63.4 Å². The predicted molar refractivity (Wildman–Crippen MR) is 135 cm³/mol. The second-order valence-corrected chi connectivity index (χ2v) is 9.33. The van der Waals surface area contributed by atoms with Gasteiger partial charge in [0.1, 0.15) is 11.8 Å². The van der Waals surface area contributed by atoms with E-state index >= 15 is 0 Å². The van der Waals surface area contributed by atoms with Crippen molar-refractivity contribution in [2.24, 2.45) is 5.10 Å². The Labute approximate surface area is 207 Å². The van der Waals surface area contributed by atoms with E-state index in [4.69, 9.17) is 14.6 Å². The zero-order valence-electron chi connectivity index (χ0n) is 21.1. The van der Waals surface area contributed by atoms with E-state index in [1.807, 2.05) is 36.1 Å². The molecule has 186 valence electrons. The summed E-state index contributed by atoms with van der Waals surface area (Å²) in [6.07, 6.45) is 3.24. The first-order valence-corrected chi connectivity index (χ1v) is 12.4. The van der Waals surface area contributed by atoms with Crippen molar-refractivity contribution in [1.82, 2.24) is 9.91 Å². The maximum atomic E-state index is 13.7. The van der Waals surface area contributed by atoms with E-state index in [0.29, 0.717) is 26.0 Å². The van der Waals surface area contributed by atoms with Crippen LogP contribution in [0.15, 0.2) is 47.6 Å². The van der Waals surface area contributed by atoms with Gasteiger partial charge in [-0.2, -0.15) is 5.10 Å². The summed E-state index contributed by atoms with van der Waals surface area (Å²) in [7, 11) is 1.64. The normalized spacial score (nSPS) is 20.5. The van der Waals surface area contributed by atoms with Crippen LogP contribution in [0, 0.1) is 13.8 Å². The van der Waals surface area contributed by atoms with E-state index in [0.717, 1.165) is 41.0 Å². The van der Waals surface area contributed by atoms with Gasteiger partial charge in [-0.15, -0.1) is 0 Å². The Morgan fingerprint density at radius 2 is 1.94 bits per heavy atom. The topological polar surface area (TPSA) is 71.4 Å². The molecule has 1 saturated heterocycles. The van der Waals surface area contributed by atoms with Gasteiger partial charge in [0.15, 0.2) is 0 Å². The van der Waals surface area contributed by atoms with Crippen LogP contribution in [0.2, 0.25) is 0 Å². The number of hydrazone groups is 1. The summed E-state index contributed by atoms with van der Waals surface area (Å²) in [6, 6.07) is 13.5. The molecule has 7 heteroatoms. The highest BCUT2D eigenvalue weighted by Crippen LogP contribution is 2.35. The van der Waals surface area contributed by atoms with Gasteiger partial charge in [0, 0.05) is 12.0 Å². The van der Waals surface area contributed by atoms with Crippen molar-refractivity contribution in [3.05, 3.63) is 64.7 Å². The number of hydrogen-bond acceptors (Lipinski definition) is 6. The fourth-order valence-corrected chi connectivity index (χ4v) is 5.08. The highest BCUT2D eigenvalue weighted by molar-refractivity contribution is 6.04. The second kappa shape index (κ2) is 11.0. The molecule has 0 unspecified atom stereocenters. The van der Waals surface area contributed by atoms with Crippen LogP contribution in [0.4, 0.5) is 0 Å². The van der Waals surface area contributed by atoms with Gasteiger partial charge in [0.25, 0.3) is 5.91 Å². The molecule has 2 atom stereocenters. The molecule has 0 spiro atoms. The maximum absolute atomic E-state index is 13.7. The molecule has 2 aromatic carbocycles. The van der Waals surface area contributed by atoms with Crippen molar-refractivity contribution in [1.29, 1.82) is 0 Å². The van der Waals surface area contributed by atoms with Crippen molar-refractivity contribution < 1.29 is 19.1 Å². The number of hydrogen-bond donors (Lipinski definition) is 0. The highest BCUT2D eigenvalue weighted by Gasteiger charge is 2.37. The number of nitrogens with zero attached hydrogens (tertiary/aromatic N) is 3. The molecular weight excluding hydrogens is 442 g/mol. The van der Waals surface area contributed by atoms with Crippen LogP contribution in [0.1, 0.15) is 60.9 Å². The zero-order valence-corrected chi connectivity index (χ0v) is 21.1. The van der Waals surface area contributed by atoms with E-state index in [1.54, 1.807) is 12.1 Å². The number of amides is 1. The Hall–Kier alpha value is -3.19. The third kappa shape index (κ3) is 5.56. The summed E-state index contributed by atoms with van der Waals surface area (Å²) in [4.78, 5) is 28.2. The molecule has 1 fully saturated rings. The minimum atomic E-state index is -0.381. The van der Waals surface area contributed by atoms with Gasteiger partial charge in [-0.3, -0.25) is 14.5 Å². The summed E-state index contributed by atoms with van der Waals surface area (Å²) in [5, 5.41) is 6.46. The Kier molecular flexibility index (Phi) is 7.86. The lowest BCUT2D eigenvalue weighted by Gasteiger charge is -2.34. The van der Waals surface area contributed by atoms with Crippen LogP contribution >= 0.6 is 0 Å². The maximum Gasteiger partial charge on any atom is 0.323 e. The first kappa shape index (κ1) is 24.9. The van der Waals surface area contributed by atoms with E-state index in [9.17, 15) is 9.59 Å². The highest BCUT2D eigenvalue weighted by atomic mass is 16.5. The van der Waals surface area contributed by atoms with Gasteiger partial charge in [-0.1, -0.05) is 42.3 Å². The van der Waals surface area contributed by atoms with E-state index in [-0.39, 0.29) is 30.5 Å². The largest absolute Gasteiger partial charge is 0.497 e. The molecule has 0 bridgehead atoms. The van der Waals surface area contributed by atoms with Crippen LogP contribution in [0.25, 0.3) is 0 Å². The molecule has 0 N–H and O–H groups in total. The lowest BCUT2D eigenvalue weighted by Crippen LogP contribution is -2.49. The minimum Gasteiger partial charge on any atom is -0.497 e. The van der Waals surface area contributed by atoms with Crippen LogP contribution in [0.5, 0.6) is 5.75 Å². The van der Waals surface area contributed by atoms with Crippen LogP contribution < -0.4 is 4.74 Å². The molecule has 0 aliphatic carbocycles. The molecule has 2 aliphatic heterocycles. The molecule has 4 rings (SSSR count). The number of carbonyl (C=O) groups excluding carboxylic acids is 2. The fraction of sp³-hybridized carbons (Fsp3) is 0.464. The Morgan fingerprint density at radius 3 is 2.69 bits per heavy atom. The zero-order chi connectivity index (χ0) is 24.9.